The smallest absolute Gasteiger partial charge is 0.321 e. The van der Waals surface area contributed by atoms with Crippen LogP contribution in [0.1, 0.15) is 18.9 Å². The zero-order valence-electron chi connectivity index (χ0n) is 12.1. The SMILES string of the molecule is CCCNC(=O)NC(=O)CN(C)Cc1ccc(F)cc1Cl. The van der Waals surface area contributed by atoms with Crippen molar-refractivity contribution >= 4 is 23.5 Å². The van der Waals surface area contributed by atoms with Crippen LogP contribution in [-0.4, -0.2) is 37.0 Å². The molecule has 0 aliphatic heterocycles. The van der Waals surface area contributed by atoms with Crippen molar-refractivity contribution in [2.24, 2.45) is 0 Å². The predicted molar refractivity (Wildman–Crippen MR) is 79.6 cm³/mol. The number of carbonyl (C=O) groups is 2. The first-order valence-electron chi connectivity index (χ1n) is 6.62. The molecule has 0 aromatic heterocycles. The van der Waals surface area contributed by atoms with Gasteiger partial charge < -0.3 is 5.32 Å². The Kier molecular flexibility index (Phi) is 7.11. The molecular formula is C14H19ClFN3O2. The minimum absolute atomic E-state index is 0.0350. The summed E-state index contributed by atoms with van der Waals surface area (Å²) in [5, 5.41) is 5.09. The van der Waals surface area contributed by atoms with Crippen LogP contribution in [0.4, 0.5) is 9.18 Å². The number of carbonyl (C=O) groups excluding carboxylic acids is 2. The van der Waals surface area contributed by atoms with Gasteiger partial charge in [0, 0.05) is 18.1 Å². The van der Waals surface area contributed by atoms with Gasteiger partial charge >= 0.3 is 6.03 Å². The van der Waals surface area contributed by atoms with Gasteiger partial charge in [0.1, 0.15) is 5.82 Å². The third kappa shape index (κ3) is 6.55. The maximum absolute atomic E-state index is 12.9. The van der Waals surface area contributed by atoms with Gasteiger partial charge in [-0.15, -0.1) is 0 Å². The molecule has 7 heteroatoms. The lowest BCUT2D eigenvalue weighted by Crippen LogP contribution is -2.43. The Morgan fingerprint density at radius 2 is 2.10 bits per heavy atom. The van der Waals surface area contributed by atoms with Crippen molar-refractivity contribution in [1.29, 1.82) is 0 Å². The van der Waals surface area contributed by atoms with Crippen LogP contribution in [0.15, 0.2) is 18.2 Å². The van der Waals surface area contributed by atoms with Crippen molar-refractivity contribution in [1.82, 2.24) is 15.5 Å². The van der Waals surface area contributed by atoms with E-state index < -0.39 is 17.8 Å². The first-order chi connectivity index (χ1) is 9.92. The zero-order valence-corrected chi connectivity index (χ0v) is 12.8. The molecule has 0 aliphatic rings. The summed E-state index contributed by atoms with van der Waals surface area (Å²) in [6.45, 7) is 2.85. The molecule has 116 valence electrons. The Bertz CT molecular complexity index is 511. The fourth-order valence-corrected chi connectivity index (χ4v) is 1.92. The van der Waals surface area contributed by atoms with Gasteiger partial charge in [-0.2, -0.15) is 0 Å². The minimum atomic E-state index is -0.505. The lowest BCUT2D eigenvalue weighted by Gasteiger charge is -2.17. The second-order valence-electron chi connectivity index (χ2n) is 4.71. The van der Waals surface area contributed by atoms with Gasteiger partial charge in [0.05, 0.1) is 6.54 Å². The number of nitrogens with one attached hydrogen (secondary N) is 2. The molecule has 2 N–H and O–H groups in total. The summed E-state index contributed by atoms with van der Waals surface area (Å²) in [7, 11) is 1.71. The summed E-state index contributed by atoms with van der Waals surface area (Å²) in [5.74, 6) is -0.818. The van der Waals surface area contributed by atoms with Gasteiger partial charge in [-0.3, -0.25) is 15.0 Å². The van der Waals surface area contributed by atoms with Gasteiger partial charge in [0.2, 0.25) is 5.91 Å². The lowest BCUT2D eigenvalue weighted by molar-refractivity contribution is -0.120. The van der Waals surface area contributed by atoms with E-state index in [0.29, 0.717) is 23.7 Å². The van der Waals surface area contributed by atoms with Crippen molar-refractivity contribution in [3.05, 3.63) is 34.6 Å². The van der Waals surface area contributed by atoms with Crippen molar-refractivity contribution in [2.45, 2.75) is 19.9 Å². The van der Waals surface area contributed by atoms with Crippen LogP contribution in [-0.2, 0) is 11.3 Å². The molecular weight excluding hydrogens is 297 g/mol. The molecule has 0 atom stereocenters. The highest BCUT2D eigenvalue weighted by Gasteiger charge is 2.11. The predicted octanol–water partition coefficient (Wildman–Crippen LogP) is 2.15. The van der Waals surface area contributed by atoms with E-state index in [-0.39, 0.29) is 6.54 Å². The van der Waals surface area contributed by atoms with E-state index in [1.165, 1.54) is 12.1 Å². The normalized spacial score (nSPS) is 10.5. The molecule has 0 radical (unpaired) electrons. The maximum Gasteiger partial charge on any atom is 0.321 e. The largest absolute Gasteiger partial charge is 0.338 e. The number of likely N-dealkylation sites (N-methyl/N-ethyl adjacent to an activating group) is 1. The number of benzene rings is 1. The monoisotopic (exact) mass is 315 g/mol. The molecule has 0 fully saturated rings. The van der Waals surface area contributed by atoms with E-state index in [9.17, 15) is 14.0 Å². The van der Waals surface area contributed by atoms with Crippen LogP contribution in [0.25, 0.3) is 0 Å². The number of amides is 3. The average molecular weight is 316 g/mol. The van der Waals surface area contributed by atoms with Crippen molar-refractivity contribution in [3.8, 4) is 0 Å². The van der Waals surface area contributed by atoms with Gasteiger partial charge in [-0.25, -0.2) is 9.18 Å². The fourth-order valence-electron chi connectivity index (χ4n) is 1.69. The Morgan fingerprint density at radius 3 is 2.71 bits per heavy atom. The number of halogens is 2. The van der Waals surface area contributed by atoms with Crippen molar-refractivity contribution in [3.63, 3.8) is 0 Å². The molecule has 0 saturated heterocycles. The van der Waals surface area contributed by atoms with Crippen LogP contribution in [0, 0.1) is 5.82 Å². The number of hydrogen-bond donors (Lipinski definition) is 2. The maximum atomic E-state index is 12.9. The minimum Gasteiger partial charge on any atom is -0.338 e. The van der Waals surface area contributed by atoms with Crippen LogP contribution >= 0.6 is 11.6 Å². The molecule has 0 unspecified atom stereocenters. The molecule has 0 bridgehead atoms. The first kappa shape index (κ1) is 17.4. The molecule has 1 aromatic rings. The fraction of sp³-hybridized carbons (Fsp3) is 0.429. The van der Waals surface area contributed by atoms with Gasteiger partial charge in [-0.05, 0) is 31.2 Å². The molecule has 0 aliphatic carbocycles. The summed E-state index contributed by atoms with van der Waals surface area (Å²) in [5.41, 5.74) is 0.712. The van der Waals surface area contributed by atoms with E-state index in [1.807, 2.05) is 6.92 Å². The quantitative estimate of drug-likeness (QED) is 0.845. The van der Waals surface area contributed by atoms with Gasteiger partial charge in [0.15, 0.2) is 0 Å². The third-order valence-corrected chi connectivity index (χ3v) is 3.01. The van der Waals surface area contributed by atoms with E-state index in [4.69, 9.17) is 11.6 Å². The van der Waals surface area contributed by atoms with E-state index in [1.54, 1.807) is 18.0 Å². The second kappa shape index (κ2) is 8.59. The lowest BCUT2D eigenvalue weighted by atomic mass is 10.2. The van der Waals surface area contributed by atoms with E-state index >= 15 is 0 Å². The molecule has 21 heavy (non-hydrogen) atoms. The number of rotatable bonds is 6. The first-order valence-corrected chi connectivity index (χ1v) is 7.00. The molecule has 5 nitrogen and oxygen atoms in total. The zero-order chi connectivity index (χ0) is 15.8. The Balaban J connectivity index is 2.44. The topological polar surface area (TPSA) is 61.4 Å². The van der Waals surface area contributed by atoms with Crippen LogP contribution < -0.4 is 10.6 Å². The highest BCUT2D eigenvalue weighted by atomic mass is 35.5. The molecule has 3 amide bonds. The molecule has 0 spiro atoms. The molecule has 0 saturated carbocycles. The summed E-state index contributed by atoms with van der Waals surface area (Å²) < 4.78 is 12.9. The molecule has 1 aromatic carbocycles. The number of hydrogen-bond acceptors (Lipinski definition) is 3. The Morgan fingerprint density at radius 1 is 1.38 bits per heavy atom. The van der Waals surface area contributed by atoms with Crippen LogP contribution in [0.5, 0.6) is 0 Å². The Hall–Kier alpha value is -1.66. The highest BCUT2D eigenvalue weighted by molar-refractivity contribution is 6.31. The molecule has 0 heterocycles. The third-order valence-electron chi connectivity index (χ3n) is 2.66. The highest BCUT2D eigenvalue weighted by Crippen LogP contribution is 2.18. The summed E-state index contributed by atoms with van der Waals surface area (Å²) >= 11 is 5.92. The standard InChI is InChI=1S/C14H19ClFN3O2/c1-3-6-17-14(21)18-13(20)9-19(2)8-10-4-5-11(16)7-12(10)15/h4-5,7H,3,6,8-9H2,1-2H3,(H2,17,18,20,21). The van der Waals surface area contributed by atoms with Crippen molar-refractivity contribution < 1.29 is 14.0 Å². The second-order valence-corrected chi connectivity index (χ2v) is 5.12. The van der Waals surface area contributed by atoms with Crippen LogP contribution in [0.3, 0.4) is 0 Å². The van der Waals surface area contributed by atoms with E-state index in [2.05, 4.69) is 10.6 Å². The average Bonchev–Trinajstić information content (AvgIpc) is 2.39. The Labute approximate surface area is 128 Å². The van der Waals surface area contributed by atoms with Gasteiger partial charge in [-0.1, -0.05) is 24.6 Å². The van der Waals surface area contributed by atoms with Gasteiger partial charge in [0.25, 0.3) is 0 Å². The summed E-state index contributed by atoms with van der Waals surface area (Å²) in [4.78, 5) is 24.7. The molecule has 1 rings (SSSR count). The number of imide groups is 1. The number of nitrogens with zero attached hydrogens (tertiary/aromatic N) is 1. The summed E-state index contributed by atoms with van der Waals surface area (Å²) in [6, 6.07) is 3.60. The van der Waals surface area contributed by atoms with Crippen molar-refractivity contribution in [2.75, 3.05) is 20.1 Å². The van der Waals surface area contributed by atoms with Crippen LogP contribution in [0.2, 0.25) is 5.02 Å². The van der Waals surface area contributed by atoms with E-state index in [0.717, 1.165) is 6.42 Å². The summed E-state index contributed by atoms with van der Waals surface area (Å²) in [6.07, 6.45) is 0.796. The number of urea groups is 1.